The van der Waals surface area contributed by atoms with Crippen molar-refractivity contribution in [1.82, 2.24) is 24.8 Å². The summed E-state index contributed by atoms with van der Waals surface area (Å²) in [5.74, 6) is 0.710. The van der Waals surface area contributed by atoms with Crippen molar-refractivity contribution in [3.63, 3.8) is 0 Å². The predicted octanol–water partition coefficient (Wildman–Crippen LogP) is 3.97. The molecule has 0 amide bonds. The fourth-order valence-corrected chi connectivity index (χ4v) is 3.16. The third kappa shape index (κ3) is 2.51. The van der Waals surface area contributed by atoms with Crippen molar-refractivity contribution in [2.24, 2.45) is 0 Å². The van der Waals surface area contributed by atoms with Crippen LogP contribution < -0.4 is 0 Å². The molecule has 0 aliphatic carbocycles. The van der Waals surface area contributed by atoms with E-state index in [0.29, 0.717) is 32.4 Å². The van der Waals surface area contributed by atoms with Crippen molar-refractivity contribution in [1.29, 1.82) is 0 Å². The van der Waals surface area contributed by atoms with Gasteiger partial charge in [0.05, 0.1) is 21.9 Å². The van der Waals surface area contributed by atoms with Gasteiger partial charge >= 0.3 is 0 Å². The van der Waals surface area contributed by atoms with E-state index in [1.54, 1.807) is 18.3 Å². The molecular formula is C16H9BrClN5O. The number of aromatic nitrogens is 5. The van der Waals surface area contributed by atoms with Gasteiger partial charge in [-0.2, -0.15) is 9.61 Å². The van der Waals surface area contributed by atoms with Crippen molar-refractivity contribution < 1.29 is 5.11 Å². The molecule has 8 heteroatoms. The second-order valence-electron chi connectivity index (χ2n) is 5.03. The number of phenols is 1. The molecule has 2 heterocycles. The first-order chi connectivity index (χ1) is 11.6. The van der Waals surface area contributed by atoms with Gasteiger partial charge in [-0.3, -0.25) is 0 Å². The third-order valence-corrected chi connectivity index (χ3v) is 4.30. The average Bonchev–Trinajstić information content (AvgIpc) is 3.02. The van der Waals surface area contributed by atoms with E-state index in [4.69, 9.17) is 11.6 Å². The Kier molecular flexibility index (Phi) is 3.66. The zero-order chi connectivity index (χ0) is 16.7. The number of halogens is 2. The van der Waals surface area contributed by atoms with Crippen molar-refractivity contribution in [2.75, 3.05) is 0 Å². The Morgan fingerprint density at radius 3 is 2.67 bits per heavy atom. The molecule has 0 aliphatic heterocycles. The second-order valence-corrected chi connectivity index (χ2v) is 6.32. The van der Waals surface area contributed by atoms with Crippen molar-refractivity contribution in [3.8, 4) is 28.4 Å². The molecule has 2 aromatic carbocycles. The minimum atomic E-state index is 0.0163. The summed E-state index contributed by atoms with van der Waals surface area (Å²) in [6.45, 7) is 0. The number of hydrogen-bond donors (Lipinski definition) is 1. The summed E-state index contributed by atoms with van der Waals surface area (Å²) in [5, 5.41) is 23.2. The summed E-state index contributed by atoms with van der Waals surface area (Å²) in [7, 11) is 0. The molecule has 0 radical (unpaired) electrons. The Hall–Kier alpha value is -2.51. The van der Waals surface area contributed by atoms with Gasteiger partial charge in [0.1, 0.15) is 5.75 Å². The van der Waals surface area contributed by atoms with Gasteiger partial charge in [0, 0.05) is 10.6 Å². The number of nitrogens with zero attached hydrogens (tertiary/aromatic N) is 5. The summed E-state index contributed by atoms with van der Waals surface area (Å²) < 4.78 is 1.93. The van der Waals surface area contributed by atoms with Crippen LogP contribution in [-0.2, 0) is 0 Å². The average molecular weight is 403 g/mol. The first kappa shape index (κ1) is 15.0. The molecule has 24 heavy (non-hydrogen) atoms. The van der Waals surface area contributed by atoms with E-state index >= 15 is 0 Å². The lowest BCUT2D eigenvalue weighted by atomic mass is 10.2. The van der Waals surface area contributed by atoms with Gasteiger partial charge in [-0.05, 0) is 28.1 Å². The summed E-state index contributed by atoms with van der Waals surface area (Å²) >= 11 is 9.32. The van der Waals surface area contributed by atoms with E-state index in [1.807, 2.05) is 30.3 Å². The Bertz CT molecular complexity index is 1050. The standard InChI is InChI=1S/C16H9BrClN5O/c17-12-7-10(18)6-11(14(12)24)15-21-22-16-20-13(8-19-23(15)16)9-4-2-1-3-5-9/h1-8,24H. The van der Waals surface area contributed by atoms with Crippen LogP contribution in [0.15, 0.2) is 53.1 Å². The van der Waals surface area contributed by atoms with Gasteiger partial charge < -0.3 is 5.11 Å². The largest absolute Gasteiger partial charge is 0.506 e. The van der Waals surface area contributed by atoms with Crippen LogP contribution in [0.25, 0.3) is 28.4 Å². The maximum absolute atomic E-state index is 10.3. The maximum atomic E-state index is 10.3. The molecule has 4 aromatic rings. The first-order valence-electron chi connectivity index (χ1n) is 6.96. The molecule has 6 nitrogen and oxygen atoms in total. The Labute approximate surface area is 149 Å². The Morgan fingerprint density at radius 2 is 1.88 bits per heavy atom. The molecule has 0 atom stereocenters. The minimum Gasteiger partial charge on any atom is -0.506 e. The highest BCUT2D eigenvalue weighted by molar-refractivity contribution is 9.10. The monoisotopic (exact) mass is 401 g/mol. The number of fused-ring (bicyclic) bond motifs is 1. The van der Waals surface area contributed by atoms with Crippen LogP contribution >= 0.6 is 27.5 Å². The van der Waals surface area contributed by atoms with Gasteiger partial charge in [0.25, 0.3) is 5.78 Å². The van der Waals surface area contributed by atoms with Crippen molar-refractivity contribution in [3.05, 3.63) is 58.2 Å². The third-order valence-electron chi connectivity index (χ3n) is 3.48. The molecular weight excluding hydrogens is 394 g/mol. The van der Waals surface area contributed by atoms with Gasteiger partial charge in [0.2, 0.25) is 0 Å². The Balaban J connectivity index is 1.88. The summed E-state index contributed by atoms with van der Waals surface area (Å²) in [6.07, 6.45) is 1.63. The van der Waals surface area contributed by atoms with Crippen LogP contribution in [0, 0.1) is 0 Å². The molecule has 0 aliphatic rings. The van der Waals surface area contributed by atoms with Gasteiger partial charge in [-0.15, -0.1) is 10.2 Å². The van der Waals surface area contributed by atoms with E-state index in [-0.39, 0.29) is 5.75 Å². The first-order valence-corrected chi connectivity index (χ1v) is 8.13. The quantitative estimate of drug-likeness (QED) is 0.549. The highest BCUT2D eigenvalue weighted by atomic mass is 79.9. The number of phenolic OH excluding ortho intramolecular Hbond substituents is 1. The fourth-order valence-electron chi connectivity index (χ4n) is 2.35. The van der Waals surface area contributed by atoms with E-state index in [0.717, 1.165) is 5.56 Å². The zero-order valence-corrected chi connectivity index (χ0v) is 14.4. The number of aromatic hydroxyl groups is 1. The zero-order valence-electron chi connectivity index (χ0n) is 12.1. The van der Waals surface area contributed by atoms with Crippen LogP contribution in [0.4, 0.5) is 0 Å². The van der Waals surface area contributed by atoms with E-state index in [2.05, 4.69) is 36.2 Å². The normalized spacial score (nSPS) is 11.1. The molecule has 0 saturated heterocycles. The summed E-state index contributed by atoms with van der Waals surface area (Å²) in [4.78, 5) is 4.47. The maximum Gasteiger partial charge on any atom is 0.272 e. The molecule has 0 spiro atoms. The highest BCUT2D eigenvalue weighted by Gasteiger charge is 2.17. The predicted molar refractivity (Wildman–Crippen MR) is 93.8 cm³/mol. The van der Waals surface area contributed by atoms with Crippen molar-refractivity contribution >= 4 is 33.3 Å². The molecule has 0 saturated carbocycles. The summed E-state index contributed by atoms with van der Waals surface area (Å²) in [5.41, 5.74) is 2.05. The topological polar surface area (TPSA) is 76.2 Å². The second kappa shape index (κ2) is 5.85. The van der Waals surface area contributed by atoms with Gasteiger partial charge in [0.15, 0.2) is 5.82 Å². The minimum absolute atomic E-state index is 0.0163. The van der Waals surface area contributed by atoms with E-state index < -0.39 is 0 Å². The molecule has 0 unspecified atom stereocenters. The number of benzene rings is 2. The van der Waals surface area contributed by atoms with Crippen LogP contribution in [0.3, 0.4) is 0 Å². The molecule has 0 bridgehead atoms. The molecule has 118 valence electrons. The lowest BCUT2D eigenvalue weighted by Gasteiger charge is -2.05. The van der Waals surface area contributed by atoms with E-state index in [9.17, 15) is 5.11 Å². The molecule has 1 N–H and O–H groups in total. The number of hydrogen-bond acceptors (Lipinski definition) is 5. The lowest BCUT2D eigenvalue weighted by Crippen LogP contribution is -1.98. The lowest BCUT2D eigenvalue weighted by molar-refractivity contribution is 0.473. The molecule has 0 fully saturated rings. The SMILES string of the molecule is Oc1c(Br)cc(Cl)cc1-c1nnc2nc(-c3ccccc3)cnn12. The van der Waals surface area contributed by atoms with E-state index in [1.165, 1.54) is 4.52 Å². The smallest absolute Gasteiger partial charge is 0.272 e. The number of rotatable bonds is 2. The van der Waals surface area contributed by atoms with Crippen LogP contribution in [0.1, 0.15) is 0 Å². The fraction of sp³-hybridized carbons (Fsp3) is 0. The molecule has 4 rings (SSSR count). The Morgan fingerprint density at radius 1 is 1.08 bits per heavy atom. The van der Waals surface area contributed by atoms with Crippen LogP contribution in [0.2, 0.25) is 5.02 Å². The summed E-state index contributed by atoms with van der Waals surface area (Å²) in [6, 6.07) is 12.9. The highest BCUT2D eigenvalue weighted by Crippen LogP contribution is 2.37. The van der Waals surface area contributed by atoms with Crippen LogP contribution in [-0.4, -0.2) is 29.9 Å². The van der Waals surface area contributed by atoms with Crippen LogP contribution in [0.5, 0.6) is 5.75 Å². The molecule has 2 aromatic heterocycles. The van der Waals surface area contributed by atoms with Gasteiger partial charge in [-0.25, -0.2) is 4.98 Å². The van der Waals surface area contributed by atoms with Gasteiger partial charge in [-0.1, -0.05) is 41.9 Å². The van der Waals surface area contributed by atoms with Crippen molar-refractivity contribution in [2.45, 2.75) is 0 Å².